The van der Waals surface area contributed by atoms with Crippen molar-refractivity contribution in [1.29, 1.82) is 0 Å². The van der Waals surface area contributed by atoms with Crippen LogP contribution in [0.5, 0.6) is 0 Å². The molecule has 15 heavy (non-hydrogen) atoms. The number of rotatable bonds is 2. The topological polar surface area (TPSA) is 52.3 Å². The van der Waals surface area contributed by atoms with Crippen LogP contribution in [-0.4, -0.2) is 13.1 Å². The Bertz CT molecular complexity index is 418. The van der Waals surface area contributed by atoms with Crippen molar-refractivity contribution >= 4 is 39.6 Å². The van der Waals surface area contributed by atoms with Gasteiger partial charge in [-0.15, -0.1) is 0 Å². The maximum absolute atomic E-state index is 11.0. The molecular formula is C10H9BrClNO2. The Balaban J connectivity index is 3.03. The molecule has 0 atom stereocenters. The third kappa shape index (κ3) is 3.25. The summed E-state index contributed by atoms with van der Waals surface area (Å²) in [6.07, 6.45) is 1.47. The van der Waals surface area contributed by atoms with Crippen molar-refractivity contribution < 1.29 is 9.53 Å². The maximum Gasteiger partial charge on any atom is 0.353 e. The first kappa shape index (κ1) is 12.1. The molecule has 0 bridgehead atoms. The van der Waals surface area contributed by atoms with Crippen molar-refractivity contribution in [3.63, 3.8) is 0 Å². The zero-order valence-corrected chi connectivity index (χ0v) is 10.3. The van der Waals surface area contributed by atoms with E-state index in [1.165, 1.54) is 13.2 Å². The summed E-state index contributed by atoms with van der Waals surface area (Å²) >= 11 is 9.22. The zero-order valence-electron chi connectivity index (χ0n) is 7.96. The summed E-state index contributed by atoms with van der Waals surface area (Å²) in [5.41, 5.74) is 6.17. The second kappa shape index (κ2) is 5.19. The van der Waals surface area contributed by atoms with E-state index in [0.717, 1.165) is 4.47 Å². The Morgan fingerprint density at radius 3 is 2.80 bits per heavy atom. The van der Waals surface area contributed by atoms with Gasteiger partial charge < -0.3 is 10.5 Å². The van der Waals surface area contributed by atoms with E-state index in [9.17, 15) is 4.79 Å². The molecule has 3 nitrogen and oxygen atoms in total. The van der Waals surface area contributed by atoms with Gasteiger partial charge in [-0.3, -0.25) is 0 Å². The molecule has 1 aromatic carbocycles. The summed E-state index contributed by atoms with van der Waals surface area (Å²) in [6, 6.07) is 5.28. The molecule has 0 aliphatic heterocycles. The molecule has 0 aliphatic carbocycles. The number of methoxy groups -OCH3 is 1. The van der Waals surface area contributed by atoms with Gasteiger partial charge in [-0.05, 0) is 23.8 Å². The Hall–Kier alpha value is -1.000. The molecule has 1 rings (SSSR count). The van der Waals surface area contributed by atoms with Crippen LogP contribution in [0.3, 0.4) is 0 Å². The second-order valence-electron chi connectivity index (χ2n) is 2.76. The fourth-order valence-electron chi connectivity index (χ4n) is 0.963. The van der Waals surface area contributed by atoms with E-state index >= 15 is 0 Å². The minimum absolute atomic E-state index is 0.0155. The van der Waals surface area contributed by atoms with Crippen LogP contribution in [0.1, 0.15) is 5.56 Å². The van der Waals surface area contributed by atoms with Crippen LogP contribution in [-0.2, 0) is 9.53 Å². The van der Waals surface area contributed by atoms with Crippen molar-refractivity contribution in [2.45, 2.75) is 0 Å². The number of halogens is 2. The van der Waals surface area contributed by atoms with Gasteiger partial charge in [0.15, 0.2) is 0 Å². The Morgan fingerprint density at radius 1 is 1.60 bits per heavy atom. The largest absolute Gasteiger partial charge is 0.464 e. The predicted molar refractivity (Wildman–Crippen MR) is 63.3 cm³/mol. The van der Waals surface area contributed by atoms with Crippen LogP contribution in [0.15, 0.2) is 28.4 Å². The summed E-state index contributed by atoms with van der Waals surface area (Å²) in [5, 5.41) is 0.510. The molecule has 5 heteroatoms. The lowest BCUT2D eigenvalue weighted by Gasteiger charge is -2.01. The van der Waals surface area contributed by atoms with E-state index in [4.69, 9.17) is 17.3 Å². The molecule has 0 saturated heterocycles. The highest BCUT2D eigenvalue weighted by atomic mass is 79.9. The van der Waals surface area contributed by atoms with E-state index < -0.39 is 5.97 Å². The fourth-order valence-corrected chi connectivity index (χ4v) is 1.69. The molecule has 2 N–H and O–H groups in total. The number of carbonyl (C=O) groups excluding carboxylic acids is 1. The fraction of sp³-hybridized carbons (Fsp3) is 0.100. The molecule has 0 heterocycles. The second-order valence-corrected chi connectivity index (χ2v) is 4.08. The van der Waals surface area contributed by atoms with Crippen LogP contribution in [0.25, 0.3) is 6.08 Å². The molecule has 0 spiro atoms. The monoisotopic (exact) mass is 289 g/mol. The van der Waals surface area contributed by atoms with Crippen LogP contribution in [0, 0.1) is 0 Å². The highest BCUT2D eigenvalue weighted by molar-refractivity contribution is 9.10. The average molecular weight is 291 g/mol. The number of hydrogen-bond acceptors (Lipinski definition) is 3. The SMILES string of the molecule is COC(=O)/C(N)=C/c1ccc(Br)cc1Cl. The maximum atomic E-state index is 11.0. The quantitative estimate of drug-likeness (QED) is 0.673. The van der Waals surface area contributed by atoms with Gasteiger partial charge in [0.05, 0.1) is 7.11 Å². The Morgan fingerprint density at radius 2 is 2.27 bits per heavy atom. The van der Waals surface area contributed by atoms with Crippen LogP contribution >= 0.6 is 27.5 Å². The zero-order chi connectivity index (χ0) is 11.4. The summed E-state index contributed by atoms with van der Waals surface area (Å²) in [6.45, 7) is 0. The lowest BCUT2D eigenvalue weighted by atomic mass is 10.2. The minimum Gasteiger partial charge on any atom is -0.464 e. The third-order valence-electron chi connectivity index (χ3n) is 1.69. The highest BCUT2D eigenvalue weighted by Crippen LogP contribution is 2.22. The third-order valence-corrected chi connectivity index (χ3v) is 2.52. The Kier molecular flexibility index (Phi) is 4.17. The van der Waals surface area contributed by atoms with Gasteiger partial charge in [0.25, 0.3) is 0 Å². The van der Waals surface area contributed by atoms with E-state index in [1.54, 1.807) is 12.1 Å². The molecule has 0 unspecified atom stereocenters. The molecule has 0 amide bonds. The first-order chi connectivity index (χ1) is 7.04. The summed E-state index contributed by atoms with van der Waals surface area (Å²) in [5.74, 6) is -0.575. The summed E-state index contributed by atoms with van der Waals surface area (Å²) < 4.78 is 5.33. The smallest absolute Gasteiger partial charge is 0.353 e. The average Bonchev–Trinajstić information content (AvgIpc) is 2.20. The molecule has 1 aromatic rings. The van der Waals surface area contributed by atoms with Gasteiger partial charge in [-0.1, -0.05) is 33.6 Å². The number of esters is 1. The number of ether oxygens (including phenoxy) is 1. The predicted octanol–water partition coefficient (Wildman–Crippen LogP) is 2.58. The van der Waals surface area contributed by atoms with E-state index in [1.807, 2.05) is 6.07 Å². The van der Waals surface area contributed by atoms with Gasteiger partial charge in [-0.25, -0.2) is 4.79 Å². The van der Waals surface area contributed by atoms with E-state index in [-0.39, 0.29) is 5.70 Å². The van der Waals surface area contributed by atoms with Gasteiger partial charge in [-0.2, -0.15) is 0 Å². The van der Waals surface area contributed by atoms with Crippen molar-refractivity contribution in [2.75, 3.05) is 7.11 Å². The van der Waals surface area contributed by atoms with Gasteiger partial charge in [0.2, 0.25) is 0 Å². The number of benzene rings is 1. The first-order valence-corrected chi connectivity index (χ1v) is 5.22. The van der Waals surface area contributed by atoms with Crippen molar-refractivity contribution in [2.24, 2.45) is 5.73 Å². The number of hydrogen-bond donors (Lipinski definition) is 1. The molecule has 0 radical (unpaired) electrons. The lowest BCUT2D eigenvalue weighted by Crippen LogP contribution is -2.12. The summed E-state index contributed by atoms with van der Waals surface area (Å²) in [4.78, 5) is 11.0. The number of nitrogens with two attached hydrogens (primary N) is 1. The van der Waals surface area contributed by atoms with E-state index in [0.29, 0.717) is 10.6 Å². The van der Waals surface area contributed by atoms with Crippen molar-refractivity contribution in [3.8, 4) is 0 Å². The Labute approximate surface area is 101 Å². The van der Waals surface area contributed by atoms with Crippen molar-refractivity contribution in [1.82, 2.24) is 0 Å². The van der Waals surface area contributed by atoms with Gasteiger partial charge in [0.1, 0.15) is 5.70 Å². The number of carbonyl (C=O) groups is 1. The van der Waals surface area contributed by atoms with Crippen LogP contribution < -0.4 is 5.73 Å². The van der Waals surface area contributed by atoms with Crippen molar-refractivity contribution in [3.05, 3.63) is 39.0 Å². The molecule has 0 aromatic heterocycles. The lowest BCUT2D eigenvalue weighted by molar-refractivity contribution is -0.136. The molecule has 0 fully saturated rings. The normalized spacial score (nSPS) is 11.3. The van der Waals surface area contributed by atoms with Crippen LogP contribution in [0.4, 0.5) is 0 Å². The van der Waals surface area contributed by atoms with Gasteiger partial charge in [0, 0.05) is 9.50 Å². The molecule has 0 saturated carbocycles. The highest BCUT2D eigenvalue weighted by Gasteiger charge is 2.05. The minimum atomic E-state index is -0.575. The first-order valence-electron chi connectivity index (χ1n) is 4.05. The molecule has 80 valence electrons. The standard InChI is InChI=1S/C10H9BrClNO2/c1-15-10(14)9(13)4-6-2-3-7(11)5-8(6)12/h2-5H,13H2,1H3/b9-4-. The van der Waals surface area contributed by atoms with Gasteiger partial charge >= 0.3 is 5.97 Å². The summed E-state index contributed by atoms with van der Waals surface area (Å²) in [7, 11) is 1.27. The molecule has 0 aliphatic rings. The van der Waals surface area contributed by atoms with E-state index in [2.05, 4.69) is 20.7 Å². The van der Waals surface area contributed by atoms with Crippen LogP contribution in [0.2, 0.25) is 5.02 Å². The molecular weight excluding hydrogens is 281 g/mol.